The molecule has 0 spiro atoms. The van der Waals surface area contributed by atoms with Crippen LogP contribution in [0.25, 0.3) is 0 Å². The van der Waals surface area contributed by atoms with Crippen LogP contribution < -0.4 is 14.8 Å². The predicted molar refractivity (Wildman–Crippen MR) is 115 cm³/mol. The SMILES string of the molecule is COc1ccc(Br)c(CNc2ccc(F)c(Cl)c2)c1OCc1ccccc1C. The molecule has 0 atom stereocenters. The van der Waals surface area contributed by atoms with Crippen molar-refractivity contribution in [3.8, 4) is 11.5 Å². The summed E-state index contributed by atoms with van der Waals surface area (Å²) in [4.78, 5) is 0. The zero-order chi connectivity index (χ0) is 20.1. The van der Waals surface area contributed by atoms with Crippen LogP contribution in [0.15, 0.2) is 59.1 Å². The zero-order valence-corrected chi connectivity index (χ0v) is 17.9. The highest BCUT2D eigenvalue weighted by molar-refractivity contribution is 9.10. The largest absolute Gasteiger partial charge is 0.493 e. The number of aryl methyl sites for hydroxylation is 1. The summed E-state index contributed by atoms with van der Waals surface area (Å²) in [6.07, 6.45) is 0. The van der Waals surface area contributed by atoms with Crippen molar-refractivity contribution in [2.24, 2.45) is 0 Å². The molecule has 0 aliphatic carbocycles. The summed E-state index contributed by atoms with van der Waals surface area (Å²) in [5, 5.41) is 3.33. The van der Waals surface area contributed by atoms with E-state index >= 15 is 0 Å². The molecule has 1 N–H and O–H groups in total. The van der Waals surface area contributed by atoms with E-state index in [1.165, 1.54) is 6.07 Å². The second-order valence-electron chi connectivity index (χ2n) is 6.25. The minimum atomic E-state index is -0.447. The van der Waals surface area contributed by atoms with E-state index in [4.69, 9.17) is 21.1 Å². The lowest BCUT2D eigenvalue weighted by atomic mass is 10.1. The van der Waals surface area contributed by atoms with Gasteiger partial charge in [0, 0.05) is 22.3 Å². The van der Waals surface area contributed by atoms with Gasteiger partial charge in [-0.05, 0) is 48.4 Å². The third-order valence-electron chi connectivity index (χ3n) is 4.41. The molecule has 0 unspecified atom stereocenters. The van der Waals surface area contributed by atoms with Crippen LogP contribution >= 0.6 is 27.5 Å². The Morgan fingerprint density at radius 3 is 2.61 bits per heavy atom. The standard InChI is InChI=1S/C22H20BrClFNO2/c1-14-5-3-4-6-15(14)13-28-22-17(18(23)8-10-21(22)27-2)12-26-16-7-9-20(25)19(24)11-16/h3-11,26H,12-13H2,1-2H3. The van der Waals surface area contributed by atoms with Gasteiger partial charge >= 0.3 is 0 Å². The molecule has 28 heavy (non-hydrogen) atoms. The minimum Gasteiger partial charge on any atom is -0.493 e. The van der Waals surface area contributed by atoms with E-state index in [-0.39, 0.29) is 5.02 Å². The van der Waals surface area contributed by atoms with Crippen LogP contribution in [0.5, 0.6) is 11.5 Å². The monoisotopic (exact) mass is 463 g/mol. The molecule has 0 radical (unpaired) electrons. The summed E-state index contributed by atoms with van der Waals surface area (Å²) >= 11 is 9.46. The first-order valence-electron chi connectivity index (χ1n) is 8.71. The summed E-state index contributed by atoms with van der Waals surface area (Å²) in [6, 6.07) is 16.4. The second-order valence-corrected chi connectivity index (χ2v) is 7.52. The third-order valence-corrected chi connectivity index (χ3v) is 5.44. The van der Waals surface area contributed by atoms with E-state index in [1.54, 1.807) is 19.2 Å². The Morgan fingerprint density at radius 2 is 1.89 bits per heavy atom. The van der Waals surface area contributed by atoms with Gasteiger partial charge < -0.3 is 14.8 Å². The number of rotatable bonds is 7. The highest BCUT2D eigenvalue weighted by Crippen LogP contribution is 2.37. The molecule has 146 valence electrons. The van der Waals surface area contributed by atoms with Gasteiger partial charge in [0.25, 0.3) is 0 Å². The van der Waals surface area contributed by atoms with Crippen molar-refractivity contribution in [1.29, 1.82) is 0 Å². The van der Waals surface area contributed by atoms with Crippen LogP contribution in [0.3, 0.4) is 0 Å². The van der Waals surface area contributed by atoms with E-state index in [2.05, 4.69) is 34.2 Å². The van der Waals surface area contributed by atoms with Crippen molar-refractivity contribution in [3.05, 3.63) is 86.6 Å². The van der Waals surface area contributed by atoms with Gasteiger partial charge in [0.1, 0.15) is 12.4 Å². The average molecular weight is 465 g/mol. The van der Waals surface area contributed by atoms with Crippen LogP contribution in [0.4, 0.5) is 10.1 Å². The quantitative estimate of drug-likeness (QED) is 0.419. The Labute approximate surface area is 177 Å². The molecule has 0 heterocycles. The van der Waals surface area contributed by atoms with Gasteiger partial charge in [-0.3, -0.25) is 0 Å². The van der Waals surface area contributed by atoms with Gasteiger partial charge in [-0.2, -0.15) is 0 Å². The molecule has 0 aliphatic rings. The molecule has 3 aromatic carbocycles. The third kappa shape index (κ3) is 4.78. The number of nitrogens with one attached hydrogen (secondary N) is 1. The van der Waals surface area contributed by atoms with Crippen molar-refractivity contribution in [1.82, 2.24) is 0 Å². The number of methoxy groups -OCH3 is 1. The molecule has 0 bridgehead atoms. The molecule has 3 aromatic rings. The average Bonchev–Trinajstić information content (AvgIpc) is 2.69. The van der Waals surface area contributed by atoms with E-state index in [9.17, 15) is 4.39 Å². The van der Waals surface area contributed by atoms with Crippen LogP contribution in [-0.2, 0) is 13.2 Å². The van der Waals surface area contributed by atoms with Gasteiger partial charge in [-0.25, -0.2) is 4.39 Å². The highest BCUT2D eigenvalue weighted by Gasteiger charge is 2.15. The smallest absolute Gasteiger partial charge is 0.167 e. The normalized spacial score (nSPS) is 10.6. The van der Waals surface area contributed by atoms with Crippen LogP contribution in [0.2, 0.25) is 5.02 Å². The maximum atomic E-state index is 13.4. The fraction of sp³-hybridized carbons (Fsp3) is 0.182. The van der Waals surface area contributed by atoms with Gasteiger partial charge in [0.15, 0.2) is 11.5 Å². The number of ether oxygens (including phenoxy) is 2. The second kappa shape index (κ2) is 9.30. The van der Waals surface area contributed by atoms with E-state index < -0.39 is 5.82 Å². The van der Waals surface area contributed by atoms with Crippen molar-refractivity contribution >= 4 is 33.2 Å². The van der Waals surface area contributed by atoms with Gasteiger partial charge in [0.2, 0.25) is 0 Å². The molecule has 0 saturated carbocycles. The lowest BCUT2D eigenvalue weighted by Crippen LogP contribution is -2.07. The van der Waals surface area contributed by atoms with Gasteiger partial charge in [0.05, 0.1) is 12.1 Å². The Balaban J connectivity index is 1.85. The molecule has 3 nitrogen and oxygen atoms in total. The van der Waals surface area contributed by atoms with Crippen LogP contribution in [0, 0.1) is 12.7 Å². The lowest BCUT2D eigenvalue weighted by molar-refractivity contribution is 0.281. The van der Waals surface area contributed by atoms with Crippen molar-refractivity contribution in [2.45, 2.75) is 20.1 Å². The Hall–Kier alpha value is -2.24. The van der Waals surface area contributed by atoms with Crippen LogP contribution in [0.1, 0.15) is 16.7 Å². The topological polar surface area (TPSA) is 30.5 Å². The molecule has 0 aromatic heterocycles. The van der Waals surface area contributed by atoms with Crippen molar-refractivity contribution < 1.29 is 13.9 Å². The summed E-state index contributed by atoms with van der Waals surface area (Å²) in [5.41, 5.74) is 3.88. The van der Waals surface area contributed by atoms with Gasteiger partial charge in [-0.1, -0.05) is 51.8 Å². The molecule has 0 aliphatic heterocycles. The maximum Gasteiger partial charge on any atom is 0.167 e. The van der Waals surface area contributed by atoms with Gasteiger partial charge in [-0.15, -0.1) is 0 Å². The summed E-state index contributed by atoms with van der Waals surface area (Å²) in [6.45, 7) is 2.93. The molecular formula is C22H20BrClFNO2. The highest BCUT2D eigenvalue weighted by atomic mass is 79.9. The Bertz CT molecular complexity index is 981. The molecule has 6 heteroatoms. The minimum absolute atomic E-state index is 0.0748. The number of anilines is 1. The first kappa shape index (κ1) is 20.5. The van der Waals surface area contributed by atoms with Crippen molar-refractivity contribution in [3.63, 3.8) is 0 Å². The Kier molecular flexibility index (Phi) is 6.81. The summed E-state index contributed by atoms with van der Waals surface area (Å²) < 4.78 is 25.9. The molecule has 0 fully saturated rings. The number of hydrogen-bond acceptors (Lipinski definition) is 3. The zero-order valence-electron chi connectivity index (χ0n) is 15.6. The van der Waals surface area contributed by atoms with E-state index in [0.29, 0.717) is 30.3 Å². The Morgan fingerprint density at radius 1 is 1.11 bits per heavy atom. The van der Waals surface area contributed by atoms with Crippen LogP contribution in [-0.4, -0.2) is 7.11 Å². The van der Waals surface area contributed by atoms with Crippen molar-refractivity contribution in [2.75, 3.05) is 12.4 Å². The summed E-state index contributed by atoms with van der Waals surface area (Å²) in [5.74, 6) is 0.851. The number of hydrogen-bond donors (Lipinski definition) is 1. The predicted octanol–water partition coefficient (Wildman–Crippen LogP) is 6.75. The first-order valence-corrected chi connectivity index (χ1v) is 9.88. The number of halogens is 3. The van der Waals surface area contributed by atoms with E-state index in [1.807, 2.05) is 30.3 Å². The molecule has 0 saturated heterocycles. The molecule has 3 rings (SSSR count). The number of benzene rings is 3. The first-order chi connectivity index (χ1) is 13.5. The maximum absolute atomic E-state index is 13.4. The van der Waals surface area contributed by atoms with E-state index in [0.717, 1.165) is 21.2 Å². The lowest BCUT2D eigenvalue weighted by Gasteiger charge is -2.18. The summed E-state index contributed by atoms with van der Waals surface area (Å²) in [7, 11) is 1.61. The fourth-order valence-corrected chi connectivity index (χ4v) is 3.42. The fourth-order valence-electron chi connectivity index (χ4n) is 2.78. The molecular weight excluding hydrogens is 445 g/mol. The molecule has 0 amide bonds.